The fraction of sp³-hybridized carbons (Fsp3) is 0.367. The molecule has 0 aliphatic carbocycles. The molecule has 2 bridgehead atoms. The van der Waals surface area contributed by atoms with E-state index in [2.05, 4.69) is 6.07 Å². The van der Waals surface area contributed by atoms with Gasteiger partial charge in [0.15, 0.2) is 0 Å². The highest BCUT2D eigenvalue weighted by molar-refractivity contribution is 6.26. The Labute approximate surface area is 216 Å². The zero-order chi connectivity index (χ0) is 25.9. The van der Waals surface area contributed by atoms with Gasteiger partial charge in [-0.1, -0.05) is 30.3 Å². The number of anilines is 2. The van der Waals surface area contributed by atoms with Gasteiger partial charge in [-0.3, -0.25) is 9.59 Å². The van der Waals surface area contributed by atoms with Gasteiger partial charge in [0.25, 0.3) is 0 Å². The van der Waals surface area contributed by atoms with Gasteiger partial charge in [-0.05, 0) is 44.0 Å². The third kappa shape index (κ3) is 3.43. The van der Waals surface area contributed by atoms with Crippen LogP contribution in [0.25, 0.3) is 10.8 Å². The number of carbonyl (C=O) groups is 2. The van der Waals surface area contributed by atoms with Crippen LogP contribution in [0.1, 0.15) is 31.7 Å². The second-order valence-corrected chi connectivity index (χ2v) is 10.7. The molecule has 3 heterocycles. The number of ether oxygens (including phenoxy) is 2. The van der Waals surface area contributed by atoms with Gasteiger partial charge in [-0.15, -0.1) is 0 Å². The van der Waals surface area contributed by atoms with E-state index < -0.39 is 23.0 Å². The van der Waals surface area contributed by atoms with Crippen molar-refractivity contribution in [1.82, 2.24) is 0 Å². The van der Waals surface area contributed by atoms with Crippen molar-refractivity contribution in [2.45, 2.75) is 37.4 Å². The molecule has 7 heteroatoms. The van der Waals surface area contributed by atoms with Gasteiger partial charge in [0.2, 0.25) is 11.8 Å². The van der Waals surface area contributed by atoms with Crippen molar-refractivity contribution >= 4 is 34.0 Å². The van der Waals surface area contributed by atoms with E-state index in [4.69, 9.17) is 9.47 Å². The van der Waals surface area contributed by atoms with Crippen molar-refractivity contribution in [2.24, 2.45) is 11.8 Å². The molecule has 0 radical (unpaired) electrons. The molecule has 7 nitrogen and oxygen atoms in total. The average Bonchev–Trinajstić information content (AvgIpc) is 3.48. The molecule has 188 valence electrons. The standard InChI is InChI=1S/C30H29N3O4/c1-29-13-14-30(37-29,15-16-36-21-8-6-7-20(17-21)32(2)3)26-25(29)27(34)33(28(26)35)24-12-11-19(18-31)22-9-4-5-10-23(22)24/h4-12,17,25-26H,13-16H2,1-3H3/t25-,26+,29-,30-/m0/s1. The van der Waals surface area contributed by atoms with Crippen LogP contribution in [-0.2, 0) is 14.3 Å². The van der Waals surface area contributed by atoms with Crippen molar-refractivity contribution < 1.29 is 19.1 Å². The SMILES string of the molecule is CN(C)c1cccc(OCC[C@]23CC[C@](C)(O2)[C@@H]2C(=O)N(c4ccc(C#N)c5ccccc45)C(=O)[C@@H]23)c1. The minimum absolute atomic E-state index is 0.214. The van der Waals surface area contributed by atoms with Gasteiger partial charge in [-0.25, -0.2) is 4.90 Å². The Balaban J connectivity index is 1.30. The molecule has 6 rings (SSSR count). The minimum atomic E-state index is -0.734. The molecule has 3 saturated heterocycles. The first-order chi connectivity index (χ1) is 17.8. The van der Waals surface area contributed by atoms with E-state index in [9.17, 15) is 14.9 Å². The van der Waals surface area contributed by atoms with Crippen LogP contribution in [0.5, 0.6) is 5.75 Å². The normalized spacial score (nSPS) is 28.0. The molecule has 3 fully saturated rings. The lowest BCUT2D eigenvalue weighted by Gasteiger charge is -2.31. The molecule has 3 aliphatic heterocycles. The quantitative estimate of drug-likeness (QED) is 0.462. The summed E-state index contributed by atoms with van der Waals surface area (Å²) in [7, 11) is 3.96. The van der Waals surface area contributed by atoms with Crippen LogP contribution in [0.15, 0.2) is 60.7 Å². The number of fused-ring (bicyclic) bond motifs is 6. The fourth-order valence-corrected chi connectivity index (χ4v) is 6.62. The number of hydrogen-bond acceptors (Lipinski definition) is 6. The number of nitriles is 1. The molecule has 3 aromatic rings. The largest absolute Gasteiger partial charge is 0.493 e. The molecule has 4 atom stereocenters. The lowest BCUT2D eigenvalue weighted by Crippen LogP contribution is -2.43. The predicted octanol–water partition coefficient (Wildman–Crippen LogP) is 4.67. The van der Waals surface area contributed by atoms with Gasteiger partial charge >= 0.3 is 0 Å². The first-order valence-electron chi connectivity index (χ1n) is 12.7. The average molecular weight is 496 g/mol. The second-order valence-electron chi connectivity index (χ2n) is 10.7. The summed E-state index contributed by atoms with van der Waals surface area (Å²) in [6.45, 7) is 2.35. The van der Waals surface area contributed by atoms with E-state index >= 15 is 0 Å². The lowest BCUT2D eigenvalue weighted by molar-refractivity contribution is -0.131. The Morgan fingerprint density at radius 2 is 1.78 bits per heavy atom. The maximum Gasteiger partial charge on any atom is 0.240 e. The zero-order valence-corrected chi connectivity index (χ0v) is 21.2. The molecule has 3 aromatic carbocycles. The summed E-state index contributed by atoms with van der Waals surface area (Å²) >= 11 is 0. The Morgan fingerprint density at radius 3 is 2.54 bits per heavy atom. The van der Waals surface area contributed by atoms with E-state index in [-0.39, 0.29) is 11.8 Å². The fourth-order valence-electron chi connectivity index (χ4n) is 6.62. The topological polar surface area (TPSA) is 82.9 Å². The summed E-state index contributed by atoms with van der Waals surface area (Å²) in [6.07, 6.45) is 1.97. The zero-order valence-electron chi connectivity index (χ0n) is 21.2. The molecular weight excluding hydrogens is 466 g/mol. The van der Waals surface area contributed by atoms with Gasteiger partial charge in [0.05, 0.1) is 47.0 Å². The third-order valence-corrected chi connectivity index (χ3v) is 8.40. The molecular formula is C30H29N3O4. The maximum atomic E-state index is 14.0. The Kier molecular flexibility index (Phi) is 5.29. The monoisotopic (exact) mass is 495 g/mol. The molecule has 2 amide bonds. The Morgan fingerprint density at radius 1 is 1.03 bits per heavy atom. The van der Waals surface area contributed by atoms with Crippen LogP contribution in [0.3, 0.4) is 0 Å². The van der Waals surface area contributed by atoms with Crippen molar-refractivity contribution in [1.29, 1.82) is 5.26 Å². The summed E-state index contributed by atoms with van der Waals surface area (Å²) in [5, 5.41) is 11.0. The van der Waals surface area contributed by atoms with E-state index in [1.165, 1.54) is 4.90 Å². The summed E-state index contributed by atoms with van der Waals surface area (Å²) in [6, 6.07) is 20.9. The minimum Gasteiger partial charge on any atom is -0.493 e. The van der Waals surface area contributed by atoms with Crippen molar-refractivity contribution in [3.63, 3.8) is 0 Å². The highest BCUT2D eigenvalue weighted by atomic mass is 16.5. The summed E-state index contributed by atoms with van der Waals surface area (Å²) in [5.41, 5.74) is 0.681. The van der Waals surface area contributed by atoms with Gasteiger partial charge in [0.1, 0.15) is 5.75 Å². The van der Waals surface area contributed by atoms with E-state index in [1.807, 2.05) is 74.4 Å². The van der Waals surface area contributed by atoms with Gasteiger partial charge in [0, 0.05) is 43.0 Å². The number of carbonyl (C=O) groups excluding carboxylic acids is 2. The number of benzene rings is 3. The van der Waals surface area contributed by atoms with Crippen molar-refractivity contribution in [3.8, 4) is 11.8 Å². The molecule has 0 unspecified atom stereocenters. The van der Waals surface area contributed by atoms with Crippen molar-refractivity contribution in [3.05, 3.63) is 66.2 Å². The van der Waals surface area contributed by atoms with Crippen LogP contribution in [0.2, 0.25) is 0 Å². The summed E-state index contributed by atoms with van der Waals surface area (Å²) < 4.78 is 12.7. The summed E-state index contributed by atoms with van der Waals surface area (Å²) in [5.74, 6) is -0.751. The predicted molar refractivity (Wildman–Crippen MR) is 140 cm³/mol. The van der Waals surface area contributed by atoms with Gasteiger partial charge < -0.3 is 14.4 Å². The molecule has 0 saturated carbocycles. The van der Waals surface area contributed by atoms with E-state index in [0.717, 1.165) is 28.6 Å². The third-order valence-electron chi connectivity index (χ3n) is 8.40. The lowest BCUT2D eigenvalue weighted by atomic mass is 9.67. The van der Waals surface area contributed by atoms with Crippen LogP contribution in [-0.4, -0.2) is 43.7 Å². The van der Waals surface area contributed by atoms with E-state index in [1.54, 1.807) is 12.1 Å². The van der Waals surface area contributed by atoms with E-state index in [0.29, 0.717) is 30.7 Å². The number of imide groups is 1. The molecule has 0 aromatic heterocycles. The van der Waals surface area contributed by atoms with Crippen LogP contribution in [0, 0.1) is 23.2 Å². The first kappa shape index (κ1) is 23.5. The van der Waals surface area contributed by atoms with Crippen LogP contribution >= 0.6 is 0 Å². The molecule has 3 aliphatic rings. The van der Waals surface area contributed by atoms with Gasteiger partial charge in [-0.2, -0.15) is 5.26 Å². The molecule has 0 spiro atoms. The number of rotatable bonds is 6. The van der Waals surface area contributed by atoms with Crippen molar-refractivity contribution in [2.75, 3.05) is 30.5 Å². The first-order valence-corrected chi connectivity index (χ1v) is 12.7. The number of hydrogen-bond donors (Lipinski definition) is 0. The smallest absolute Gasteiger partial charge is 0.240 e. The molecule has 37 heavy (non-hydrogen) atoms. The van der Waals surface area contributed by atoms with Crippen LogP contribution in [0.4, 0.5) is 11.4 Å². The number of amides is 2. The maximum absolute atomic E-state index is 14.0. The summed E-state index contributed by atoms with van der Waals surface area (Å²) in [4.78, 5) is 31.2. The number of nitrogens with zero attached hydrogens (tertiary/aromatic N) is 3. The second kappa shape index (κ2) is 8.32. The Hall–Kier alpha value is -3.89. The highest BCUT2D eigenvalue weighted by Crippen LogP contribution is 2.62. The Bertz CT molecular complexity index is 1480. The van der Waals surface area contributed by atoms with Crippen LogP contribution < -0.4 is 14.5 Å². The molecule has 0 N–H and O–H groups in total. The highest BCUT2D eigenvalue weighted by Gasteiger charge is 2.73.